The zero-order valence-corrected chi connectivity index (χ0v) is 10.6. The Morgan fingerprint density at radius 2 is 1.88 bits per heavy atom. The molecule has 0 aliphatic heterocycles. The summed E-state index contributed by atoms with van der Waals surface area (Å²) in [6, 6.07) is 8.33. The van der Waals surface area contributed by atoms with Crippen molar-refractivity contribution >= 4 is 5.91 Å². The van der Waals surface area contributed by atoms with Crippen LogP contribution in [0.1, 0.15) is 43.9 Å². The van der Waals surface area contributed by atoms with E-state index in [1.54, 1.807) is 0 Å². The van der Waals surface area contributed by atoms with Crippen LogP contribution in [-0.4, -0.2) is 5.91 Å². The molecule has 1 aromatic carbocycles. The third-order valence-corrected chi connectivity index (χ3v) is 3.02. The van der Waals surface area contributed by atoms with Gasteiger partial charge >= 0.3 is 0 Å². The molecule has 0 fully saturated rings. The topological polar surface area (TPSA) is 69.1 Å². The average molecular weight is 234 g/mol. The highest BCUT2D eigenvalue weighted by Crippen LogP contribution is 2.21. The Hall–Kier alpha value is -1.35. The van der Waals surface area contributed by atoms with E-state index in [1.165, 1.54) is 5.56 Å². The van der Waals surface area contributed by atoms with Crippen LogP contribution in [0.2, 0.25) is 0 Å². The molecule has 1 rings (SSSR count). The van der Waals surface area contributed by atoms with E-state index in [0.29, 0.717) is 6.42 Å². The highest BCUT2D eigenvalue weighted by Gasteiger charge is 2.12. The minimum atomic E-state index is -0.258. The SMILES string of the molecule is CCc1ccc(C(N)CC(C)CC(N)=O)cc1. The van der Waals surface area contributed by atoms with Gasteiger partial charge in [0, 0.05) is 12.5 Å². The van der Waals surface area contributed by atoms with Crippen molar-refractivity contribution in [3.8, 4) is 0 Å². The van der Waals surface area contributed by atoms with E-state index >= 15 is 0 Å². The van der Waals surface area contributed by atoms with Crippen molar-refractivity contribution in [2.24, 2.45) is 17.4 Å². The van der Waals surface area contributed by atoms with Crippen LogP contribution in [0, 0.1) is 5.92 Å². The maximum atomic E-state index is 10.8. The van der Waals surface area contributed by atoms with Gasteiger partial charge in [-0.1, -0.05) is 38.1 Å². The van der Waals surface area contributed by atoms with Gasteiger partial charge in [0.25, 0.3) is 0 Å². The Bertz CT molecular complexity index is 359. The zero-order chi connectivity index (χ0) is 12.8. The fourth-order valence-corrected chi connectivity index (χ4v) is 2.00. The third kappa shape index (κ3) is 4.57. The van der Waals surface area contributed by atoms with Crippen molar-refractivity contribution in [2.45, 2.75) is 39.2 Å². The number of carbonyl (C=O) groups excluding carboxylic acids is 1. The van der Waals surface area contributed by atoms with E-state index in [1.807, 2.05) is 6.92 Å². The third-order valence-electron chi connectivity index (χ3n) is 3.02. The van der Waals surface area contributed by atoms with E-state index in [2.05, 4.69) is 31.2 Å². The highest BCUT2D eigenvalue weighted by molar-refractivity contribution is 5.73. The number of benzene rings is 1. The molecule has 17 heavy (non-hydrogen) atoms. The molecule has 0 spiro atoms. The minimum Gasteiger partial charge on any atom is -0.370 e. The summed E-state index contributed by atoms with van der Waals surface area (Å²) in [5.41, 5.74) is 13.7. The summed E-state index contributed by atoms with van der Waals surface area (Å²) in [5.74, 6) is -0.0283. The van der Waals surface area contributed by atoms with Crippen LogP contribution in [-0.2, 0) is 11.2 Å². The Balaban J connectivity index is 2.56. The fraction of sp³-hybridized carbons (Fsp3) is 0.500. The van der Waals surface area contributed by atoms with Gasteiger partial charge in [-0.3, -0.25) is 4.79 Å². The summed E-state index contributed by atoms with van der Waals surface area (Å²) in [4.78, 5) is 10.8. The van der Waals surface area contributed by atoms with Crippen LogP contribution in [0.5, 0.6) is 0 Å². The monoisotopic (exact) mass is 234 g/mol. The Morgan fingerprint density at radius 3 is 2.35 bits per heavy atom. The summed E-state index contributed by atoms with van der Waals surface area (Å²) >= 11 is 0. The van der Waals surface area contributed by atoms with Gasteiger partial charge in [0.05, 0.1) is 0 Å². The minimum absolute atomic E-state index is 0.0183. The van der Waals surface area contributed by atoms with E-state index in [4.69, 9.17) is 11.5 Å². The number of hydrogen-bond acceptors (Lipinski definition) is 2. The molecule has 3 nitrogen and oxygen atoms in total. The van der Waals surface area contributed by atoms with Crippen molar-refractivity contribution in [3.05, 3.63) is 35.4 Å². The molecular weight excluding hydrogens is 212 g/mol. The first kappa shape index (κ1) is 13.7. The predicted octanol–water partition coefficient (Wildman–Crippen LogP) is 2.15. The van der Waals surface area contributed by atoms with E-state index in [-0.39, 0.29) is 17.9 Å². The molecule has 2 unspecified atom stereocenters. The molecule has 94 valence electrons. The molecule has 0 saturated heterocycles. The second-order valence-corrected chi connectivity index (χ2v) is 4.71. The normalized spacial score (nSPS) is 14.3. The quantitative estimate of drug-likeness (QED) is 0.791. The van der Waals surface area contributed by atoms with Crippen molar-refractivity contribution < 1.29 is 4.79 Å². The van der Waals surface area contributed by atoms with E-state index in [9.17, 15) is 4.79 Å². The van der Waals surface area contributed by atoms with Gasteiger partial charge in [-0.2, -0.15) is 0 Å². The van der Waals surface area contributed by atoms with Crippen molar-refractivity contribution in [1.29, 1.82) is 0 Å². The van der Waals surface area contributed by atoms with Crippen LogP contribution in [0.4, 0.5) is 0 Å². The Labute approximate surface area is 103 Å². The Morgan fingerprint density at radius 1 is 1.29 bits per heavy atom. The lowest BCUT2D eigenvalue weighted by Gasteiger charge is -2.16. The molecule has 0 aromatic heterocycles. The van der Waals surface area contributed by atoms with E-state index < -0.39 is 0 Å². The van der Waals surface area contributed by atoms with Crippen LogP contribution >= 0.6 is 0 Å². The molecule has 0 aliphatic carbocycles. The lowest BCUT2D eigenvalue weighted by atomic mass is 9.93. The molecule has 0 bridgehead atoms. The first-order valence-corrected chi connectivity index (χ1v) is 6.15. The van der Waals surface area contributed by atoms with Crippen molar-refractivity contribution in [2.75, 3.05) is 0 Å². The van der Waals surface area contributed by atoms with Gasteiger partial charge in [0.15, 0.2) is 0 Å². The number of amides is 1. The van der Waals surface area contributed by atoms with Gasteiger partial charge in [-0.15, -0.1) is 0 Å². The van der Waals surface area contributed by atoms with Crippen molar-refractivity contribution in [3.63, 3.8) is 0 Å². The van der Waals surface area contributed by atoms with Gasteiger partial charge in [-0.05, 0) is 29.9 Å². The van der Waals surface area contributed by atoms with Crippen LogP contribution in [0.25, 0.3) is 0 Å². The van der Waals surface area contributed by atoms with Gasteiger partial charge < -0.3 is 11.5 Å². The molecular formula is C14H22N2O. The van der Waals surface area contributed by atoms with E-state index in [0.717, 1.165) is 18.4 Å². The summed E-state index contributed by atoms with van der Waals surface area (Å²) in [5, 5.41) is 0. The summed E-state index contributed by atoms with van der Waals surface area (Å²) < 4.78 is 0. The number of carbonyl (C=O) groups is 1. The summed E-state index contributed by atoms with van der Waals surface area (Å²) in [6.45, 7) is 4.13. The van der Waals surface area contributed by atoms with Crippen molar-refractivity contribution in [1.82, 2.24) is 0 Å². The molecule has 4 N–H and O–H groups in total. The molecule has 2 atom stereocenters. The number of rotatable bonds is 6. The largest absolute Gasteiger partial charge is 0.370 e. The van der Waals surface area contributed by atoms with Crippen LogP contribution in [0.3, 0.4) is 0 Å². The van der Waals surface area contributed by atoms with Crippen LogP contribution < -0.4 is 11.5 Å². The maximum absolute atomic E-state index is 10.8. The van der Waals surface area contributed by atoms with Gasteiger partial charge in [-0.25, -0.2) is 0 Å². The molecule has 0 radical (unpaired) electrons. The number of aryl methyl sites for hydroxylation is 1. The smallest absolute Gasteiger partial charge is 0.217 e. The average Bonchev–Trinajstić information content (AvgIpc) is 2.28. The number of primary amides is 1. The first-order valence-electron chi connectivity index (χ1n) is 6.15. The Kier molecular flexibility index (Phi) is 5.16. The maximum Gasteiger partial charge on any atom is 0.217 e. The van der Waals surface area contributed by atoms with Gasteiger partial charge in [0.2, 0.25) is 5.91 Å². The number of nitrogens with two attached hydrogens (primary N) is 2. The second kappa shape index (κ2) is 6.40. The molecule has 0 aliphatic rings. The number of hydrogen-bond donors (Lipinski definition) is 2. The molecule has 3 heteroatoms. The molecule has 1 aromatic rings. The lowest BCUT2D eigenvalue weighted by Crippen LogP contribution is -2.19. The first-order chi connectivity index (χ1) is 8.02. The highest BCUT2D eigenvalue weighted by atomic mass is 16.1. The summed E-state index contributed by atoms with van der Waals surface area (Å²) in [7, 11) is 0. The summed E-state index contributed by atoms with van der Waals surface area (Å²) in [6.07, 6.45) is 2.22. The predicted molar refractivity (Wildman–Crippen MR) is 70.3 cm³/mol. The molecule has 1 amide bonds. The second-order valence-electron chi connectivity index (χ2n) is 4.71. The van der Waals surface area contributed by atoms with Gasteiger partial charge in [0.1, 0.15) is 0 Å². The van der Waals surface area contributed by atoms with Crippen LogP contribution in [0.15, 0.2) is 24.3 Å². The molecule has 0 heterocycles. The standard InChI is InChI=1S/C14H22N2O/c1-3-11-4-6-12(7-5-11)13(15)8-10(2)9-14(16)17/h4-7,10,13H,3,8-9,15H2,1-2H3,(H2,16,17). The fourth-order valence-electron chi connectivity index (χ4n) is 2.00. The molecule has 0 saturated carbocycles. The lowest BCUT2D eigenvalue weighted by molar-refractivity contribution is -0.118. The zero-order valence-electron chi connectivity index (χ0n) is 10.6.